The molecular formula is C28H50N2. The number of nitrogens with two attached hydrogens (primary N) is 1. The predicted octanol–water partition coefficient (Wildman–Crippen LogP) is 8.16. The van der Waals surface area contributed by atoms with Crippen LogP contribution in [0.1, 0.15) is 92.4 Å². The summed E-state index contributed by atoms with van der Waals surface area (Å²) in [7, 11) is 0. The van der Waals surface area contributed by atoms with E-state index in [4.69, 9.17) is 5.73 Å². The van der Waals surface area contributed by atoms with E-state index in [-0.39, 0.29) is 0 Å². The molecule has 0 aromatic heterocycles. The molecule has 1 fully saturated rings. The Morgan fingerprint density at radius 2 is 1.63 bits per heavy atom. The maximum Gasteiger partial charge on any atom is 0.0596 e. The highest BCUT2D eigenvalue weighted by Crippen LogP contribution is 2.21. The minimum atomic E-state index is 0.535. The van der Waals surface area contributed by atoms with Crippen LogP contribution in [0.5, 0.6) is 0 Å². The molecule has 0 aromatic carbocycles. The summed E-state index contributed by atoms with van der Waals surface area (Å²) in [5.74, 6) is 1.44. The van der Waals surface area contributed by atoms with E-state index >= 15 is 0 Å². The van der Waals surface area contributed by atoms with Crippen molar-refractivity contribution in [1.29, 1.82) is 0 Å². The Morgan fingerprint density at radius 3 is 2.10 bits per heavy atom. The third-order valence-electron chi connectivity index (χ3n) is 5.74. The first-order valence-corrected chi connectivity index (χ1v) is 12.1. The van der Waals surface area contributed by atoms with Gasteiger partial charge in [0.1, 0.15) is 0 Å². The summed E-state index contributed by atoms with van der Waals surface area (Å²) in [5, 5.41) is 0. The highest BCUT2D eigenvalue weighted by atomic mass is 15.2. The molecule has 0 bridgehead atoms. The Hall–Kier alpha value is -1.70. The topological polar surface area (TPSA) is 29.3 Å². The lowest BCUT2D eigenvalue weighted by molar-refractivity contribution is 0.427. The molecule has 0 radical (unpaired) electrons. The van der Waals surface area contributed by atoms with Gasteiger partial charge >= 0.3 is 0 Å². The van der Waals surface area contributed by atoms with Crippen molar-refractivity contribution in [1.82, 2.24) is 4.90 Å². The van der Waals surface area contributed by atoms with Crippen molar-refractivity contribution in [3.63, 3.8) is 0 Å². The third kappa shape index (κ3) is 13.5. The van der Waals surface area contributed by atoms with Crippen LogP contribution in [0.2, 0.25) is 0 Å². The molecule has 2 heteroatoms. The monoisotopic (exact) mass is 414 g/mol. The second-order valence-corrected chi connectivity index (χ2v) is 9.04. The molecular weight excluding hydrogens is 364 g/mol. The molecule has 2 unspecified atom stereocenters. The highest BCUT2D eigenvalue weighted by Gasteiger charge is 2.15. The lowest BCUT2D eigenvalue weighted by Gasteiger charge is -2.21. The molecule has 30 heavy (non-hydrogen) atoms. The lowest BCUT2D eigenvalue weighted by atomic mass is 9.92. The minimum absolute atomic E-state index is 0.535. The van der Waals surface area contributed by atoms with Crippen LogP contribution >= 0.6 is 0 Å². The molecule has 0 saturated carbocycles. The molecule has 1 heterocycles. The van der Waals surface area contributed by atoms with Gasteiger partial charge in [0.05, 0.1) is 5.70 Å². The number of hydrogen-bond donors (Lipinski definition) is 1. The average molecular weight is 415 g/mol. The van der Waals surface area contributed by atoms with Crippen molar-refractivity contribution < 1.29 is 0 Å². The fourth-order valence-electron chi connectivity index (χ4n) is 3.69. The Bertz CT molecular complexity index is 561. The normalized spacial score (nSPS) is 16.2. The van der Waals surface area contributed by atoms with Gasteiger partial charge in [0, 0.05) is 18.8 Å². The van der Waals surface area contributed by atoms with Gasteiger partial charge in [0.15, 0.2) is 0 Å². The van der Waals surface area contributed by atoms with Gasteiger partial charge in [-0.15, -0.1) is 0 Å². The summed E-state index contributed by atoms with van der Waals surface area (Å²) in [6.07, 6.45) is 18.7. The SMILES string of the molecule is C=C(C)/C=C(/C(=C)N)N1CCCC1.C=C(C)C(C)C=CCC(CCC)CCCCC. The van der Waals surface area contributed by atoms with Crippen molar-refractivity contribution in [2.24, 2.45) is 17.6 Å². The summed E-state index contributed by atoms with van der Waals surface area (Å²) < 4.78 is 0. The van der Waals surface area contributed by atoms with E-state index in [1.165, 1.54) is 63.4 Å². The number of hydrogen-bond acceptors (Lipinski definition) is 2. The van der Waals surface area contributed by atoms with Crippen LogP contribution in [0.4, 0.5) is 0 Å². The summed E-state index contributed by atoms with van der Waals surface area (Å²) in [4.78, 5) is 2.27. The quantitative estimate of drug-likeness (QED) is 0.187. The minimum Gasteiger partial charge on any atom is -0.398 e. The highest BCUT2D eigenvalue weighted by molar-refractivity contribution is 5.31. The van der Waals surface area contributed by atoms with Crippen LogP contribution < -0.4 is 5.73 Å². The van der Waals surface area contributed by atoms with Crippen molar-refractivity contribution in [2.75, 3.05) is 13.1 Å². The van der Waals surface area contributed by atoms with E-state index in [0.29, 0.717) is 11.6 Å². The van der Waals surface area contributed by atoms with Gasteiger partial charge in [0.2, 0.25) is 0 Å². The summed E-state index contributed by atoms with van der Waals surface area (Å²) in [5.41, 5.74) is 9.69. The van der Waals surface area contributed by atoms with Gasteiger partial charge in [-0.2, -0.15) is 0 Å². The van der Waals surface area contributed by atoms with Crippen molar-refractivity contribution >= 4 is 0 Å². The van der Waals surface area contributed by atoms with Gasteiger partial charge in [-0.3, -0.25) is 0 Å². The third-order valence-corrected chi connectivity index (χ3v) is 5.74. The van der Waals surface area contributed by atoms with Gasteiger partial charge in [0.25, 0.3) is 0 Å². The summed E-state index contributed by atoms with van der Waals surface area (Å²) in [6.45, 7) is 24.7. The average Bonchev–Trinajstić information content (AvgIpc) is 3.20. The Morgan fingerprint density at radius 1 is 1.00 bits per heavy atom. The largest absolute Gasteiger partial charge is 0.398 e. The number of nitrogens with zero attached hydrogens (tertiary/aromatic N) is 1. The number of likely N-dealkylation sites (tertiary alicyclic amines) is 1. The Kier molecular flexibility index (Phi) is 16.1. The van der Waals surface area contributed by atoms with E-state index in [1.54, 1.807) is 0 Å². The predicted molar refractivity (Wildman–Crippen MR) is 137 cm³/mol. The second kappa shape index (κ2) is 17.0. The van der Waals surface area contributed by atoms with Crippen LogP contribution in [0.25, 0.3) is 0 Å². The molecule has 1 aliphatic rings. The van der Waals surface area contributed by atoms with Crippen LogP contribution in [-0.4, -0.2) is 18.0 Å². The van der Waals surface area contributed by atoms with E-state index in [0.717, 1.165) is 30.3 Å². The van der Waals surface area contributed by atoms with Crippen LogP contribution in [0.3, 0.4) is 0 Å². The van der Waals surface area contributed by atoms with E-state index in [9.17, 15) is 0 Å². The molecule has 1 rings (SSSR count). The zero-order valence-electron chi connectivity index (χ0n) is 20.8. The van der Waals surface area contributed by atoms with Gasteiger partial charge in [-0.1, -0.05) is 102 Å². The van der Waals surface area contributed by atoms with Crippen LogP contribution in [-0.2, 0) is 0 Å². The standard InChI is InChI=1S/C17H32.C11H18N2/c1-6-8-9-13-17(11-7-2)14-10-12-16(5)15(3)4;1-9(2)8-11(10(3)12)13-6-4-5-7-13/h10,12,16-17H,3,6-9,11,13-14H2,1-2,4-5H3;8H,1,3-7,12H2,2H3/b;11-8-. The second-order valence-electron chi connectivity index (χ2n) is 9.04. The lowest BCUT2D eigenvalue weighted by Crippen LogP contribution is -2.22. The van der Waals surface area contributed by atoms with Crippen molar-refractivity contribution in [3.05, 3.63) is 60.5 Å². The molecule has 1 aliphatic heterocycles. The first-order valence-electron chi connectivity index (χ1n) is 12.1. The smallest absolute Gasteiger partial charge is 0.0596 e. The molecule has 2 N–H and O–H groups in total. The summed E-state index contributed by atoms with van der Waals surface area (Å²) >= 11 is 0. The maximum absolute atomic E-state index is 5.72. The molecule has 0 aromatic rings. The maximum atomic E-state index is 5.72. The van der Waals surface area contributed by atoms with Gasteiger partial charge in [-0.05, 0) is 51.0 Å². The molecule has 0 spiro atoms. The van der Waals surface area contributed by atoms with Gasteiger partial charge in [-0.25, -0.2) is 0 Å². The Labute approximate surface area is 188 Å². The molecule has 1 saturated heterocycles. The molecule has 0 amide bonds. The zero-order chi connectivity index (χ0) is 22.9. The molecule has 0 aliphatic carbocycles. The number of unbranched alkanes of at least 4 members (excludes halogenated alkanes) is 2. The molecule has 2 nitrogen and oxygen atoms in total. The van der Waals surface area contributed by atoms with E-state index < -0.39 is 0 Å². The zero-order valence-corrected chi connectivity index (χ0v) is 20.8. The van der Waals surface area contributed by atoms with Crippen LogP contribution in [0, 0.1) is 11.8 Å². The summed E-state index contributed by atoms with van der Waals surface area (Å²) in [6, 6.07) is 0. The number of allylic oxidation sites excluding steroid dienone is 5. The van der Waals surface area contributed by atoms with Crippen molar-refractivity contribution in [3.8, 4) is 0 Å². The first kappa shape index (κ1) is 28.3. The van der Waals surface area contributed by atoms with E-state index in [2.05, 4.69) is 64.5 Å². The molecule has 2 atom stereocenters. The van der Waals surface area contributed by atoms with E-state index in [1.807, 2.05) is 13.0 Å². The first-order chi connectivity index (χ1) is 14.2. The molecule has 172 valence electrons. The van der Waals surface area contributed by atoms with Crippen LogP contribution in [0.15, 0.2) is 60.5 Å². The Balaban J connectivity index is 0.000000579. The fraction of sp³-hybridized carbons (Fsp3) is 0.643. The fourth-order valence-corrected chi connectivity index (χ4v) is 3.69. The van der Waals surface area contributed by atoms with Crippen molar-refractivity contribution in [2.45, 2.75) is 92.4 Å². The number of rotatable bonds is 13. The van der Waals surface area contributed by atoms with Gasteiger partial charge < -0.3 is 10.6 Å².